The molecule has 0 aliphatic rings. The van der Waals surface area contributed by atoms with E-state index in [0.29, 0.717) is 13.1 Å². The van der Waals surface area contributed by atoms with Crippen molar-refractivity contribution in [2.24, 2.45) is 5.73 Å². The fourth-order valence-corrected chi connectivity index (χ4v) is 1.14. The maximum absolute atomic E-state index is 10.4. The van der Waals surface area contributed by atoms with Crippen molar-refractivity contribution < 1.29 is 4.79 Å². The lowest BCUT2D eigenvalue weighted by molar-refractivity contribution is 0.249. The van der Waals surface area contributed by atoms with Gasteiger partial charge in [-0.05, 0) is 24.6 Å². The molecule has 0 aliphatic carbocycles. The molecule has 0 saturated carbocycles. The molecule has 82 valence electrons. The molecule has 0 fully saturated rings. The standard InChI is InChI=1S/C10H16N4O/c1-7-2-3-8(6-9(7)11)13-4-5-14-10(12)15/h2-3,6,13H,4-5,11H2,1H3,(H3,12,14,15). The summed E-state index contributed by atoms with van der Waals surface area (Å²) in [6.07, 6.45) is 0. The zero-order valence-corrected chi connectivity index (χ0v) is 8.71. The average Bonchev–Trinajstić information content (AvgIpc) is 2.18. The number of nitrogens with one attached hydrogen (secondary N) is 2. The fourth-order valence-electron chi connectivity index (χ4n) is 1.14. The first-order chi connectivity index (χ1) is 7.09. The minimum atomic E-state index is -0.514. The minimum absolute atomic E-state index is 0.489. The highest BCUT2D eigenvalue weighted by molar-refractivity contribution is 5.71. The molecular weight excluding hydrogens is 192 g/mol. The summed E-state index contributed by atoms with van der Waals surface area (Å²) < 4.78 is 0. The number of carbonyl (C=O) groups excluding carboxylic acids is 1. The van der Waals surface area contributed by atoms with Crippen LogP contribution in [0, 0.1) is 6.92 Å². The van der Waals surface area contributed by atoms with Gasteiger partial charge in [0.15, 0.2) is 0 Å². The van der Waals surface area contributed by atoms with Gasteiger partial charge in [-0.2, -0.15) is 0 Å². The molecule has 0 aliphatic heterocycles. The van der Waals surface area contributed by atoms with Crippen LogP contribution in [0.15, 0.2) is 18.2 Å². The summed E-state index contributed by atoms with van der Waals surface area (Å²) in [5.74, 6) is 0. The minimum Gasteiger partial charge on any atom is -0.398 e. The number of urea groups is 1. The maximum atomic E-state index is 10.4. The molecule has 5 heteroatoms. The summed E-state index contributed by atoms with van der Waals surface area (Å²) in [5, 5.41) is 5.60. The lowest BCUT2D eigenvalue weighted by atomic mass is 10.2. The second kappa shape index (κ2) is 5.09. The van der Waals surface area contributed by atoms with E-state index in [4.69, 9.17) is 11.5 Å². The van der Waals surface area contributed by atoms with Crippen molar-refractivity contribution in [1.29, 1.82) is 0 Å². The number of rotatable bonds is 4. The predicted molar refractivity (Wildman–Crippen MR) is 61.7 cm³/mol. The average molecular weight is 208 g/mol. The van der Waals surface area contributed by atoms with Crippen LogP contribution in [0.25, 0.3) is 0 Å². The highest BCUT2D eigenvalue weighted by atomic mass is 16.2. The third kappa shape index (κ3) is 3.76. The van der Waals surface area contributed by atoms with Crippen molar-refractivity contribution in [3.8, 4) is 0 Å². The number of nitrogen functional groups attached to an aromatic ring is 1. The van der Waals surface area contributed by atoms with E-state index >= 15 is 0 Å². The molecular formula is C10H16N4O. The predicted octanol–water partition coefficient (Wildman–Crippen LogP) is 0.657. The summed E-state index contributed by atoms with van der Waals surface area (Å²) in [5.41, 5.74) is 13.4. The van der Waals surface area contributed by atoms with Crippen LogP contribution in [0.1, 0.15) is 5.56 Å². The molecule has 0 bridgehead atoms. The van der Waals surface area contributed by atoms with E-state index in [2.05, 4.69) is 10.6 Å². The molecule has 0 saturated heterocycles. The van der Waals surface area contributed by atoms with Gasteiger partial charge in [0.05, 0.1) is 0 Å². The van der Waals surface area contributed by atoms with Gasteiger partial charge in [0, 0.05) is 24.5 Å². The van der Waals surface area contributed by atoms with Gasteiger partial charge in [-0.1, -0.05) is 6.07 Å². The van der Waals surface area contributed by atoms with Crippen molar-refractivity contribution in [1.82, 2.24) is 5.32 Å². The Morgan fingerprint density at radius 3 is 2.73 bits per heavy atom. The summed E-state index contributed by atoms with van der Waals surface area (Å²) >= 11 is 0. The number of carbonyl (C=O) groups is 1. The lowest BCUT2D eigenvalue weighted by Gasteiger charge is -2.08. The van der Waals surface area contributed by atoms with Gasteiger partial charge in [-0.25, -0.2) is 4.79 Å². The normalized spacial score (nSPS) is 9.67. The number of aryl methyl sites for hydroxylation is 1. The summed E-state index contributed by atoms with van der Waals surface area (Å²) in [7, 11) is 0. The molecule has 1 rings (SSSR count). The Morgan fingerprint density at radius 2 is 2.13 bits per heavy atom. The van der Waals surface area contributed by atoms with Crippen LogP contribution >= 0.6 is 0 Å². The van der Waals surface area contributed by atoms with Crippen molar-refractivity contribution in [3.05, 3.63) is 23.8 Å². The van der Waals surface area contributed by atoms with Gasteiger partial charge in [-0.15, -0.1) is 0 Å². The number of benzene rings is 1. The van der Waals surface area contributed by atoms with Crippen LogP contribution in [0.4, 0.5) is 16.2 Å². The largest absolute Gasteiger partial charge is 0.398 e. The number of hydrogen-bond acceptors (Lipinski definition) is 3. The van der Waals surface area contributed by atoms with Crippen LogP contribution < -0.4 is 22.1 Å². The highest BCUT2D eigenvalue weighted by Crippen LogP contribution is 2.16. The van der Waals surface area contributed by atoms with Crippen LogP contribution in [-0.2, 0) is 0 Å². The Hall–Kier alpha value is -1.91. The Labute approximate surface area is 88.8 Å². The lowest BCUT2D eigenvalue weighted by Crippen LogP contribution is -2.33. The Balaban J connectivity index is 2.38. The van der Waals surface area contributed by atoms with E-state index in [9.17, 15) is 4.79 Å². The number of anilines is 2. The molecule has 6 N–H and O–H groups in total. The van der Waals surface area contributed by atoms with Gasteiger partial charge < -0.3 is 22.1 Å². The molecule has 0 heterocycles. The first-order valence-corrected chi connectivity index (χ1v) is 4.73. The van der Waals surface area contributed by atoms with E-state index in [1.165, 1.54) is 0 Å². The van der Waals surface area contributed by atoms with Crippen molar-refractivity contribution in [2.75, 3.05) is 24.1 Å². The molecule has 5 nitrogen and oxygen atoms in total. The van der Waals surface area contributed by atoms with Crippen molar-refractivity contribution in [3.63, 3.8) is 0 Å². The number of hydrogen-bond donors (Lipinski definition) is 4. The topological polar surface area (TPSA) is 93.2 Å². The smallest absolute Gasteiger partial charge is 0.312 e. The summed E-state index contributed by atoms with van der Waals surface area (Å²) in [4.78, 5) is 10.4. The van der Waals surface area contributed by atoms with E-state index in [0.717, 1.165) is 16.9 Å². The summed E-state index contributed by atoms with van der Waals surface area (Å²) in [6.45, 7) is 3.06. The zero-order valence-electron chi connectivity index (χ0n) is 8.71. The van der Waals surface area contributed by atoms with Gasteiger partial charge in [-0.3, -0.25) is 0 Å². The first-order valence-electron chi connectivity index (χ1n) is 4.73. The van der Waals surface area contributed by atoms with Gasteiger partial charge in [0.25, 0.3) is 0 Å². The third-order valence-electron chi connectivity index (χ3n) is 2.03. The van der Waals surface area contributed by atoms with Crippen LogP contribution in [0.3, 0.4) is 0 Å². The van der Waals surface area contributed by atoms with E-state index < -0.39 is 6.03 Å². The Morgan fingerprint density at radius 1 is 1.40 bits per heavy atom. The molecule has 0 atom stereocenters. The van der Waals surface area contributed by atoms with E-state index in [-0.39, 0.29) is 0 Å². The van der Waals surface area contributed by atoms with Crippen LogP contribution in [0.5, 0.6) is 0 Å². The second-order valence-electron chi connectivity index (χ2n) is 3.29. The quantitative estimate of drug-likeness (QED) is 0.432. The second-order valence-corrected chi connectivity index (χ2v) is 3.29. The number of amides is 2. The number of primary amides is 1. The number of nitrogens with two attached hydrogens (primary N) is 2. The summed E-state index contributed by atoms with van der Waals surface area (Å²) in [6, 6.07) is 5.23. The molecule has 1 aromatic carbocycles. The highest BCUT2D eigenvalue weighted by Gasteiger charge is 1.96. The molecule has 15 heavy (non-hydrogen) atoms. The molecule has 0 unspecified atom stereocenters. The van der Waals surface area contributed by atoms with Crippen LogP contribution in [-0.4, -0.2) is 19.1 Å². The molecule has 1 aromatic rings. The van der Waals surface area contributed by atoms with Gasteiger partial charge in [0.1, 0.15) is 0 Å². The molecule has 2 amide bonds. The van der Waals surface area contributed by atoms with Crippen molar-refractivity contribution >= 4 is 17.4 Å². The Bertz CT molecular complexity index is 351. The van der Waals surface area contributed by atoms with E-state index in [1.807, 2.05) is 25.1 Å². The Kier molecular flexibility index (Phi) is 3.79. The van der Waals surface area contributed by atoms with Gasteiger partial charge in [0.2, 0.25) is 0 Å². The molecule has 0 aromatic heterocycles. The first kappa shape index (κ1) is 11.2. The molecule has 0 radical (unpaired) electrons. The van der Waals surface area contributed by atoms with Gasteiger partial charge >= 0.3 is 6.03 Å². The molecule has 0 spiro atoms. The SMILES string of the molecule is Cc1ccc(NCCNC(N)=O)cc1N. The zero-order chi connectivity index (χ0) is 11.3. The van der Waals surface area contributed by atoms with Crippen molar-refractivity contribution in [2.45, 2.75) is 6.92 Å². The fraction of sp³-hybridized carbons (Fsp3) is 0.300. The maximum Gasteiger partial charge on any atom is 0.312 e. The third-order valence-corrected chi connectivity index (χ3v) is 2.03. The van der Waals surface area contributed by atoms with E-state index in [1.54, 1.807) is 0 Å². The van der Waals surface area contributed by atoms with Crippen LogP contribution in [0.2, 0.25) is 0 Å². The monoisotopic (exact) mass is 208 g/mol.